The van der Waals surface area contributed by atoms with Gasteiger partial charge in [-0.15, -0.1) is 0 Å². The highest BCUT2D eigenvalue weighted by Crippen LogP contribution is 2.33. The lowest BCUT2D eigenvalue weighted by atomic mass is 10.2. The molecule has 1 saturated heterocycles. The van der Waals surface area contributed by atoms with Gasteiger partial charge in [0.1, 0.15) is 15.8 Å². The minimum Gasteiger partial charge on any atom is -0.369 e. The molecule has 0 aliphatic carbocycles. The van der Waals surface area contributed by atoms with Crippen LogP contribution < -0.4 is 10.9 Å². The van der Waals surface area contributed by atoms with Crippen molar-refractivity contribution in [3.05, 3.63) is 44.7 Å². The number of aromatic nitrogens is 2. The molecule has 0 atom stereocenters. The minimum absolute atomic E-state index is 0.155. The Morgan fingerprint density at radius 3 is 2.62 bits per heavy atom. The van der Waals surface area contributed by atoms with Crippen LogP contribution >= 0.6 is 24.0 Å². The number of thioether (sulfide) groups is 1. The number of carbonyl (C=O) groups is 1. The summed E-state index contributed by atoms with van der Waals surface area (Å²) in [5.74, 6) is 1.02. The molecule has 3 rings (SSSR count). The third-order valence-electron chi connectivity index (χ3n) is 4.46. The number of hydrogen-bond donors (Lipinski definition) is 1. The second-order valence-electron chi connectivity index (χ2n) is 8.02. The number of thiocarbonyl (C=S) groups is 1. The number of pyridine rings is 1. The molecule has 1 amide bonds. The highest BCUT2D eigenvalue weighted by Gasteiger charge is 2.32. The zero-order valence-electron chi connectivity index (χ0n) is 17.4. The fraction of sp³-hybridized carbons (Fsp3) is 0.429. The van der Waals surface area contributed by atoms with Crippen LogP contribution in [0.15, 0.2) is 28.0 Å². The molecular weight excluding hydrogens is 404 g/mol. The molecule has 0 unspecified atom stereocenters. The zero-order chi connectivity index (χ0) is 21.3. The van der Waals surface area contributed by atoms with Crippen LogP contribution in [0.5, 0.6) is 0 Å². The maximum Gasteiger partial charge on any atom is 0.267 e. The van der Waals surface area contributed by atoms with Crippen molar-refractivity contribution in [3.63, 3.8) is 0 Å². The summed E-state index contributed by atoms with van der Waals surface area (Å²) in [7, 11) is 0. The molecule has 1 aliphatic heterocycles. The number of nitrogens with one attached hydrogen (secondary N) is 1. The van der Waals surface area contributed by atoms with Gasteiger partial charge in [-0.1, -0.05) is 57.7 Å². The Labute approximate surface area is 180 Å². The second kappa shape index (κ2) is 8.67. The Hall–Kier alpha value is -2.19. The van der Waals surface area contributed by atoms with Crippen LogP contribution in [-0.4, -0.2) is 37.6 Å². The molecule has 1 aliphatic rings. The summed E-state index contributed by atoms with van der Waals surface area (Å²) in [4.78, 5) is 32.9. The number of fused-ring (bicyclic) bond motifs is 1. The number of carbonyl (C=O) groups excluding carboxylic acids is 1. The molecule has 3 heterocycles. The summed E-state index contributed by atoms with van der Waals surface area (Å²) in [6, 6.07) is 3.74. The Morgan fingerprint density at radius 1 is 1.24 bits per heavy atom. The van der Waals surface area contributed by atoms with Crippen molar-refractivity contribution in [2.24, 2.45) is 11.8 Å². The summed E-state index contributed by atoms with van der Waals surface area (Å²) in [6.45, 7) is 11.4. The molecule has 2 aromatic heterocycles. The highest BCUT2D eigenvalue weighted by atomic mass is 32.2. The van der Waals surface area contributed by atoms with Gasteiger partial charge in [0.2, 0.25) is 0 Å². The molecule has 0 bridgehead atoms. The number of amides is 1. The smallest absolute Gasteiger partial charge is 0.267 e. The summed E-state index contributed by atoms with van der Waals surface area (Å²) >= 11 is 6.62. The zero-order valence-corrected chi connectivity index (χ0v) is 19.0. The Kier molecular flexibility index (Phi) is 6.43. The number of rotatable bonds is 6. The molecule has 0 aromatic carbocycles. The SMILES string of the molecule is Cc1cccn2c(=O)c(/C=C3\SC(=S)N(CC(C)C)C3=O)c(NCC(C)C)nc12. The lowest BCUT2D eigenvalue weighted by molar-refractivity contribution is -0.122. The maximum absolute atomic E-state index is 13.3. The van der Waals surface area contributed by atoms with E-state index in [1.54, 1.807) is 17.2 Å². The van der Waals surface area contributed by atoms with E-state index in [4.69, 9.17) is 17.2 Å². The van der Waals surface area contributed by atoms with Crippen LogP contribution in [0.2, 0.25) is 0 Å². The summed E-state index contributed by atoms with van der Waals surface area (Å²) in [5.41, 5.74) is 1.68. The fourth-order valence-electron chi connectivity index (χ4n) is 3.03. The Bertz CT molecular complexity index is 1060. The molecule has 154 valence electrons. The van der Waals surface area contributed by atoms with Gasteiger partial charge in [-0.25, -0.2) is 4.98 Å². The first kappa shape index (κ1) is 21.5. The molecule has 0 saturated carbocycles. The average Bonchev–Trinajstić information content (AvgIpc) is 2.90. The van der Waals surface area contributed by atoms with Gasteiger partial charge in [0.05, 0.1) is 10.5 Å². The second-order valence-corrected chi connectivity index (χ2v) is 9.70. The van der Waals surface area contributed by atoms with Gasteiger partial charge in [0.25, 0.3) is 11.5 Å². The van der Waals surface area contributed by atoms with Gasteiger partial charge in [-0.2, -0.15) is 0 Å². The van der Waals surface area contributed by atoms with Crippen molar-refractivity contribution in [3.8, 4) is 0 Å². The molecular formula is C21H26N4O2S2. The lowest BCUT2D eigenvalue weighted by Gasteiger charge is -2.16. The highest BCUT2D eigenvalue weighted by molar-refractivity contribution is 8.26. The fourth-order valence-corrected chi connectivity index (χ4v) is 4.29. The summed E-state index contributed by atoms with van der Waals surface area (Å²) < 4.78 is 2.05. The van der Waals surface area contributed by atoms with Gasteiger partial charge >= 0.3 is 0 Å². The lowest BCUT2D eigenvalue weighted by Crippen LogP contribution is -2.31. The molecule has 2 aromatic rings. The molecule has 6 nitrogen and oxygen atoms in total. The predicted octanol–water partition coefficient (Wildman–Crippen LogP) is 3.93. The first-order valence-corrected chi connectivity index (χ1v) is 10.9. The van der Waals surface area contributed by atoms with Crippen LogP contribution in [0.1, 0.15) is 38.8 Å². The van der Waals surface area contributed by atoms with Gasteiger partial charge in [0, 0.05) is 19.3 Å². The third kappa shape index (κ3) is 4.53. The van der Waals surface area contributed by atoms with Gasteiger partial charge in [-0.05, 0) is 36.5 Å². The average molecular weight is 431 g/mol. The normalized spacial score (nSPS) is 16.1. The summed E-state index contributed by atoms with van der Waals surface area (Å²) in [5, 5.41) is 3.28. The maximum atomic E-state index is 13.3. The Balaban J connectivity index is 2.12. The van der Waals surface area contributed by atoms with Crippen LogP contribution in [-0.2, 0) is 4.79 Å². The number of nitrogens with zero attached hydrogens (tertiary/aromatic N) is 3. The molecule has 1 fully saturated rings. The molecule has 29 heavy (non-hydrogen) atoms. The van der Waals surface area contributed by atoms with Crippen LogP contribution in [0, 0.1) is 18.8 Å². The van der Waals surface area contributed by atoms with E-state index in [0.717, 1.165) is 5.56 Å². The first-order valence-electron chi connectivity index (χ1n) is 9.70. The van der Waals surface area contributed by atoms with E-state index in [2.05, 4.69) is 19.2 Å². The summed E-state index contributed by atoms with van der Waals surface area (Å²) in [6.07, 6.45) is 3.33. The quantitative estimate of drug-likeness (QED) is 0.553. The largest absolute Gasteiger partial charge is 0.369 e. The van der Waals surface area contributed by atoms with Crippen LogP contribution in [0.3, 0.4) is 0 Å². The van der Waals surface area contributed by atoms with Crippen molar-refractivity contribution < 1.29 is 4.79 Å². The van der Waals surface area contributed by atoms with Gasteiger partial charge in [0.15, 0.2) is 0 Å². The molecule has 8 heteroatoms. The van der Waals surface area contributed by atoms with E-state index in [-0.39, 0.29) is 11.5 Å². The Morgan fingerprint density at radius 2 is 1.97 bits per heavy atom. The van der Waals surface area contributed by atoms with Crippen LogP contribution in [0.25, 0.3) is 11.7 Å². The van der Waals surface area contributed by atoms with E-state index in [1.807, 2.05) is 32.9 Å². The van der Waals surface area contributed by atoms with E-state index >= 15 is 0 Å². The topological polar surface area (TPSA) is 66.7 Å². The minimum atomic E-state index is -0.209. The number of aryl methyl sites for hydroxylation is 1. The number of anilines is 1. The van der Waals surface area contributed by atoms with Crippen molar-refractivity contribution in [1.29, 1.82) is 0 Å². The molecule has 0 radical (unpaired) electrons. The molecule has 0 spiro atoms. The van der Waals surface area contributed by atoms with Crippen molar-refractivity contribution >= 4 is 51.7 Å². The van der Waals surface area contributed by atoms with Crippen LogP contribution in [0.4, 0.5) is 5.82 Å². The van der Waals surface area contributed by atoms with Crippen molar-refractivity contribution in [2.45, 2.75) is 34.6 Å². The standard InChI is InChI=1S/C21H26N4O2S2/c1-12(2)10-22-17-15(19(26)24-8-6-7-14(5)18(24)23-17)9-16-20(27)25(11-13(3)4)21(28)29-16/h6-9,12-13,22H,10-11H2,1-5H3/b16-9-. The van der Waals surface area contributed by atoms with Gasteiger partial charge in [-0.3, -0.25) is 18.9 Å². The van der Waals surface area contributed by atoms with E-state index in [1.165, 1.54) is 16.2 Å². The third-order valence-corrected chi connectivity index (χ3v) is 5.84. The van der Waals surface area contributed by atoms with Crippen molar-refractivity contribution in [2.75, 3.05) is 18.4 Å². The monoisotopic (exact) mass is 430 g/mol. The van der Waals surface area contributed by atoms with E-state index in [9.17, 15) is 9.59 Å². The van der Waals surface area contributed by atoms with Crippen molar-refractivity contribution in [1.82, 2.24) is 14.3 Å². The van der Waals surface area contributed by atoms with E-state index in [0.29, 0.717) is 51.2 Å². The number of hydrogen-bond acceptors (Lipinski definition) is 6. The first-order chi connectivity index (χ1) is 13.7. The van der Waals surface area contributed by atoms with E-state index < -0.39 is 0 Å². The van der Waals surface area contributed by atoms with Gasteiger partial charge < -0.3 is 5.32 Å². The predicted molar refractivity (Wildman–Crippen MR) is 124 cm³/mol. The molecule has 1 N–H and O–H groups in total.